The smallest absolute Gasteiger partial charge is 0.319 e. The van der Waals surface area contributed by atoms with E-state index in [2.05, 4.69) is 17.1 Å². The number of unbranched alkanes of at least 4 members (excludes halogenated alkanes) is 1. The summed E-state index contributed by atoms with van der Waals surface area (Å²) in [4.78, 5) is 12.6. The van der Waals surface area contributed by atoms with Crippen LogP contribution in [0.2, 0.25) is 0 Å². The van der Waals surface area contributed by atoms with Crippen LogP contribution in [0.25, 0.3) is 10.8 Å². The van der Waals surface area contributed by atoms with Gasteiger partial charge in [0.2, 0.25) is 0 Å². The number of carbonyl (C=O) groups is 1. The van der Waals surface area contributed by atoms with E-state index in [4.69, 9.17) is 9.15 Å². The maximum absolute atomic E-state index is 11.7. The van der Waals surface area contributed by atoms with E-state index in [0.29, 0.717) is 17.7 Å². The van der Waals surface area contributed by atoms with Crippen molar-refractivity contribution in [3.05, 3.63) is 17.5 Å². The zero-order chi connectivity index (χ0) is 14.4. The number of nitrogens with zero attached hydrogens (tertiary/aromatic N) is 2. The van der Waals surface area contributed by atoms with Crippen molar-refractivity contribution < 1.29 is 13.9 Å². The maximum Gasteiger partial charge on any atom is 0.319 e. The van der Waals surface area contributed by atoms with E-state index < -0.39 is 0 Å². The molecule has 0 saturated carbocycles. The van der Waals surface area contributed by atoms with Crippen molar-refractivity contribution in [2.45, 2.75) is 37.2 Å². The summed E-state index contributed by atoms with van der Waals surface area (Å²) in [5.41, 5.74) is 0. The summed E-state index contributed by atoms with van der Waals surface area (Å²) in [6, 6.07) is 3.83. The molecule has 0 spiro atoms. The van der Waals surface area contributed by atoms with Gasteiger partial charge in [0.1, 0.15) is 5.25 Å². The lowest BCUT2D eigenvalue weighted by Gasteiger charge is -2.08. The molecule has 0 amide bonds. The molecular weight excluding hydrogens is 296 g/mol. The van der Waals surface area contributed by atoms with Crippen LogP contribution in [-0.4, -0.2) is 28.0 Å². The Bertz CT molecular complexity index is 540. The highest BCUT2D eigenvalue weighted by molar-refractivity contribution is 8.00. The molecule has 0 N–H and O–H groups in total. The molecule has 2 heterocycles. The Kier molecular flexibility index (Phi) is 5.60. The number of ether oxygens (including phenoxy) is 1. The Morgan fingerprint density at radius 3 is 3.10 bits per heavy atom. The summed E-state index contributed by atoms with van der Waals surface area (Å²) in [7, 11) is 0. The Hall–Kier alpha value is -1.34. The summed E-state index contributed by atoms with van der Waals surface area (Å²) in [6.45, 7) is 4.29. The molecule has 2 aromatic rings. The number of hydrogen-bond acceptors (Lipinski definition) is 7. The summed E-state index contributed by atoms with van der Waals surface area (Å²) < 4.78 is 10.7. The molecule has 0 saturated heterocycles. The largest absolute Gasteiger partial charge is 0.465 e. The quantitative estimate of drug-likeness (QED) is 0.442. The van der Waals surface area contributed by atoms with Crippen molar-refractivity contribution >= 4 is 29.1 Å². The molecular formula is C13H16N2O3S2. The number of thioether (sulfide) groups is 1. The highest BCUT2D eigenvalue weighted by atomic mass is 32.2. The van der Waals surface area contributed by atoms with Gasteiger partial charge in [-0.05, 0) is 24.8 Å². The van der Waals surface area contributed by atoms with Gasteiger partial charge >= 0.3 is 5.97 Å². The zero-order valence-corrected chi connectivity index (χ0v) is 13.0. The van der Waals surface area contributed by atoms with E-state index in [1.807, 2.05) is 17.5 Å². The van der Waals surface area contributed by atoms with Crippen molar-refractivity contribution in [3.63, 3.8) is 0 Å². The first kappa shape index (κ1) is 15.1. The summed E-state index contributed by atoms with van der Waals surface area (Å²) >= 11 is 2.75. The monoisotopic (exact) mass is 312 g/mol. The third-order valence-corrected chi connectivity index (χ3v) is 4.26. The number of esters is 1. The summed E-state index contributed by atoms with van der Waals surface area (Å²) in [5.74, 6) is 0.230. The number of rotatable bonds is 7. The van der Waals surface area contributed by atoms with Crippen molar-refractivity contribution in [1.82, 2.24) is 10.2 Å². The Labute approximate surface area is 125 Å². The van der Waals surface area contributed by atoms with Crippen LogP contribution >= 0.6 is 23.1 Å². The molecule has 0 fully saturated rings. The molecule has 0 aliphatic heterocycles. The van der Waals surface area contributed by atoms with Crippen LogP contribution in [0.5, 0.6) is 0 Å². The molecule has 0 radical (unpaired) electrons. The molecule has 2 rings (SSSR count). The van der Waals surface area contributed by atoms with E-state index >= 15 is 0 Å². The predicted octanol–water partition coefficient (Wildman–Crippen LogP) is 3.62. The normalized spacial score (nSPS) is 12.3. The number of carbonyl (C=O) groups excluding carboxylic acids is 1. The van der Waals surface area contributed by atoms with Gasteiger partial charge < -0.3 is 9.15 Å². The van der Waals surface area contributed by atoms with Gasteiger partial charge in [0.05, 0.1) is 11.5 Å². The highest BCUT2D eigenvalue weighted by Gasteiger charge is 2.20. The molecule has 0 aromatic carbocycles. The molecule has 0 bridgehead atoms. The third kappa shape index (κ3) is 4.08. The van der Waals surface area contributed by atoms with Gasteiger partial charge in [0.15, 0.2) is 0 Å². The first-order valence-electron chi connectivity index (χ1n) is 6.41. The van der Waals surface area contributed by atoms with Gasteiger partial charge in [-0.3, -0.25) is 4.79 Å². The fourth-order valence-electron chi connectivity index (χ4n) is 1.39. The topological polar surface area (TPSA) is 65.2 Å². The lowest BCUT2D eigenvalue weighted by molar-refractivity contribution is -0.142. The average Bonchev–Trinajstić information content (AvgIpc) is 3.08. The second-order valence-corrected chi connectivity index (χ2v) is 6.37. The SMILES string of the molecule is CCCCOC(=O)[C@H](C)Sc1nnc(-c2cccs2)o1. The highest BCUT2D eigenvalue weighted by Crippen LogP contribution is 2.28. The van der Waals surface area contributed by atoms with Gasteiger partial charge in [-0.2, -0.15) is 0 Å². The minimum atomic E-state index is -0.358. The van der Waals surface area contributed by atoms with E-state index in [1.165, 1.54) is 23.1 Å². The molecule has 5 nitrogen and oxygen atoms in total. The fourth-order valence-corrected chi connectivity index (χ4v) is 2.72. The standard InChI is InChI=1S/C13H16N2O3S2/c1-3-4-7-17-12(16)9(2)20-13-15-14-11(18-13)10-6-5-8-19-10/h5-6,8-9H,3-4,7H2,1-2H3/t9-/m0/s1. The third-order valence-electron chi connectivity index (χ3n) is 2.49. The van der Waals surface area contributed by atoms with E-state index in [1.54, 1.807) is 6.92 Å². The van der Waals surface area contributed by atoms with Gasteiger partial charge in [0.25, 0.3) is 11.1 Å². The summed E-state index contributed by atoms with van der Waals surface area (Å²) in [5, 5.41) is 9.87. The Morgan fingerprint density at radius 2 is 2.40 bits per heavy atom. The minimum Gasteiger partial charge on any atom is -0.465 e. The van der Waals surface area contributed by atoms with Crippen LogP contribution < -0.4 is 0 Å². The molecule has 20 heavy (non-hydrogen) atoms. The lowest BCUT2D eigenvalue weighted by atomic mass is 10.4. The van der Waals surface area contributed by atoms with E-state index in [9.17, 15) is 4.79 Å². The van der Waals surface area contributed by atoms with Gasteiger partial charge in [-0.25, -0.2) is 0 Å². The van der Waals surface area contributed by atoms with Crippen molar-refractivity contribution in [3.8, 4) is 10.8 Å². The molecule has 0 aliphatic rings. The van der Waals surface area contributed by atoms with E-state index in [0.717, 1.165) is 17.7 Å². The van der Waals surface area contributed by atoms with Crippen LogP contribution in [0, 0.1) is 0 Å². The number of thiophene rings is 1. The number of aromatic nitrogens is 2. The van der Waals surface area contributed by atoms with Crippen molar-refractivity contribution in [1.29, 1.82) is 0 Å². The fraction of sp³-hybridized carbons (Fsp3) is 0.462. The van der Waals surface area contributed by atoms with Crippen molar-refractivity contribution in [2.24, 2.45) is 0 Å². The minimum absolute atomic E-state index is 0.251. The maximum atomic E-state index is 11.7. The van der Waals surface area contributed by atoms with Crippen LogP contribution in [0.15, 0.2) is 27.2 Å². The first-order valence-corrected chi connectivity index (χ1v) is 8.17. The van der Waals surface area contributed by atoms with Crippen LogP contribution in [0.4, 0.5) is 0 Å². The molecule has 0 aliphatic carbocycles. The average molecular weight is 312 g/mol. The predicted molar refractivity (Wildman–Crippen MR) is 78.8 cm³/mol. The Balaban J connectivity index is 1.88. The lowest BCUT2D eigenvalue weighted by Crippen LogP contribution is -2.17. The molecule has 2 aromatic heterocycles. The van der Waals surface area contributed by atoms with Crippen molar-refractivity contribution in [2.75, 3.05) is 6.61 Å². The van der Waals surface area contributed by atoms with E-state index in [-0.39, 0.29) is 11.2 Å². The number of hydrogen-bond donors (Lipinski definition) is 0. The van der Waals surface area contributed by atoms with Crippen LogP contribution in [0.3, 0.4) is 0 Å². The Morgan fingerprint density at radius 1 is 1.55 bits per heavy atom. The van der Waals surface area contributed by atoms with Gasteiger partial charge in [-0.1, -0.05) is 31.2 Å². The van der Waals surface area contributed by atoms with Gasteiger partial charge in [-0.15, -0.1) is 21.5 Å². The second-order valence-electron chi connectivity index (χ2n) is 4.13. The second kappa shape index (κ2) is 7.44. The molecule has 7 heteroatoms. The van der Waals surface area contributed by atoms with Gasteiger partial charge in [0, 0.05) is 0 Å². The molecule has 108 valence electrons. The zero-order valence-electron chi connectivity index (χ0n) is 11.4. The van der Waals surface area contributed by atoms with Crippen LogP contribution in [0.1, 0.15) is 26.7 Å². The summed E-state index contributed by atoms with van der Waals surface area (Å²) in [6.07, 6.45) is 1.88. The first-order chi connectivity index (χ1) is 9.70. The molecule has 0 unspecified atom stereocenters. The molecule has 1 atom stereocenters. The van der Waals surface area contributed by atoms with Crippen LogP contribution in [-0.2, 0) is 9.53 Å².